The van der Waals surface area contributed by atoms with Crippen LogP contribution < -0.4 is 4.90 Å². The highest BCUT2D eigenvalue weighted by molar-refractivity contribution is 5.81. The van der Waals surface area contributed by atoms with Gasteiger partial charge >= 0.3 is 0 Å². The summed E-state index contributed by atoms with van der Waals surface area (Å²) in [6, 6.07) is 1.92. The van der Waals surface area contributed by atoms with Gasteiger partial charge in [0.2, 0.25) is 0 Å². The van der Waals surface area contributed by atoms with Crippen LogP contribution in [0.25, 0.3) is 11.2 Å². The molecule has 23 heavy (non-hydrogen) atoms. The Kier molecular flexibility index (Phi) is 3.66. The van der Waals surface area contributed by atoms with Crippen molar-refractivity contribution in [1.82, 2.24) is 24.7 Å². The molecule has 0 N–H and O–H groups in total. The Bertz CT molecular complexity index is 784. The average molecular weight is 314 g/mol. The van der Waals surface area contributed by atoms with E-state index in [0.29, 0.717) is 17.1 Å². The van der Waals surface area contributed by atoms with E-state index in [1.165, 1.54) is 6.33 Å². The first-order chi connectivity index (χ1) is 11.3. The lowest BCUT2D eigenvalue weighted by Gasteiger charge is -2.24. The number of ether oxygens (including phenoxy) is 1. The van der Waals surface area contributed by atoms with E-state index in [2.05, 4.69) is 25.0 Å². The fourth-order valence-electron chi connectivity index (χ4n) is 2.89. The van der Waals surface area contributed by atoms with E-state index < -0.39 is 0 Å². The van der Waals surface area contributed by atoms with E-state index in [0.717, 1.165) is 38.5 Å². The van der Waals surface area contributed by atoms with Crippen LogP contribution in [-0.4, -0.2) is 50.5 Å². The van der Waals surface area contributed by atoms with Gasteiger partial charge in [-0.05, 0) is 12.5 Å². The van der Waals surface area contributed by atoms with Crippen LogP contribution in [0.5, 0.6) is 0 Å². The molecule has 1 aliphatic heterocycles. The van der Waals surface area contributed by atoms with Crippen molar-refractivity contribution in [2.75, 3.05) is 24.6 Å². The smallest absolute Gasteiger partial charge is 0.252 e. The van der Waals surface area contributed by atoms with Gasteiger partial charge in [0.25, 0.3) is 5.71 Å². The second kappa shape index (κ2) is 5.96. The van der Waals surface area contributed by atoms with Crippen LogP contribution in [0, 0.1) is 6.92 Å². The molecule has 1 aliphatic rings. The van der Waals surface area contributed by atoms with Gasteiger partial charge in [-0.2, -0.15) is 10.1 Å². The molecule has 3 aromatic heterocycles. The van der Waals surface area contributed by atoms with E-state index >= 15 is 0 Å². The topological polar surface area (TPSA) is 82.1 Å². The summed E-state index contributed by atoms with van der Waals surface area (Å²) >= 11 is 0. The van der Waals surface area contributed by atoms with Crippen molar-refractivity contribution in [3.05, 3.63) is 30.7 Å². The number of aryl methyl sites for hydroxylation is 1. The minimum atomic E-state index is 0.0513. The highest BCUT2D eigenvalue weighted by Gasteiger charge is 2.23. The van der Waals surface area contributed by atoms with Gasteiger partial charge in [0.15, 0.2) is 17.2 Å². The van der Waals surface area contributed by atoms with Crippen molar-refractivity contribution in [1.29, 1.82) is 0 Å². The zero-order valence-corrected chi connectivity index (χ0v) is 12.9. The SMILES string of the molecule is Cc1nc2c(N3CCCO[C@@H](Cn4cccn4)C3)ncnc2o1. The molecule has 3 aromatic rings. The normalized spacial score (nSPS) is 19.2. The number of hydrogen-bond donors (Lipinski definition) is 0. The Morgan fingerprint density at radius 2 is 2.30 bits per heavy atom. The highest BCUT2D eigenvalue weighted by Crippen LogP contribution is 2.24. The number of aromatic nitrogens is 5. The molecule has 0 amide bonds. The fourth-order valence-corrected chi connectivity index (χ4v) is 2.89. The third kappa shape index (κ3) is 2.89. The molecular formula is C15H18N6O2. The van der Waals surface area contributed by atoms with E-state index in [9.17, 15) is 0 Å². The van der Waals surface area contributed by atoms with Crippen LogP contribution in [0.2, 0.25) is 0 Å². The van der Waals surface area contributed by atoms with Crippen molar-refractivity contribution >= 4 is 17.0 Å². The molecule has 4 heterocycles. The standard InChI is InChI=1S/C15H18N6O2/c1-11-19-13-14(16-10-17-15(13)23-11)20-5-3-7-22-12(8-20)9-21-6-2-4-18-21/h2,4,6,10,12H,3,5,7-9H2,1H3/t12-/m1/s1. The average Bonchev–Trinajstić information content (AvgIpc) is 3.11. The molecule has 1 fully saturated rings. The summed E-state index contributed by atoms with van der Waals surface area (Å²) in [6.07, 6.45) is 6.24. The monoisotopic (exact) mass is 314 g/mol. The second-order valence-electron chi connectivity index (χ2n) is 5.60. The first-order valence-electron chi connectivity index (χ1n) is 7.72. The summed E-state index contributed by atoms with van der Waals surface area (Å²) in [6.45, 7) is 4.87. The molecular weight excluding hydrogens is 296 g/mol. The Balaban J connectivity index is 1.61. The van der Waals surface area contributed by atoms with Crippen LogP contribution in [0.4, 0.5) is 5.82 Å². The summed E-state index contributed by atoms with van der Waals surface area (Å²) < 4.78 is 13.4. The van der Waals surface area contributed by atoms with Gasteiger partial charge in [-0.15, -0.1) is 0 Å². The zero-order chi connectivity index (χ0) is 15.6. The predicted octanol–water partition coefficient (Wildman–Crippen LogP) is 1.42. The van der Waals surface area contributed by atoms with Crippen molar-refractivity contribution in [3.63, 3.8) is 0 Å². The van der Waals surface area contributed by atoms with E-state index in [4.69, 9.17) is 9.15 Å². The zero-order valence-electron chi connectivity index (χ0n) is 12.9. The van der Waals surface area contributed by atoms with Crippen molar-refractivity contribution in [2.45, 2.75) is 26.0 Å². The van der Waals surface area contributed by atoms with Crippen LogP contribution in [-0.2, 0) is 11.3 Å². The number of hydrogen-bond acceptors (Lipinski definition) is 7. The molecule has 0 unspecified atom stereocenters. The number of fused-ring (bicyclic) bond motifs is 1. The quantitative estimate of drug-likeness (QED) is 0.723. The number of rotatable bonds is 3. The highest BCUT2D eigenvalue weighted by atomic mass is 16.5. The molecule has 0 saturated carbocycles. The van der Waals surface area contributed by atoms with E-state index in [1.54, 1.807) is 6.20 Å². The van der Waals surface area contributed by atoms with Crippen LogP contribution >= 0.6 is 0 Å². The van der Waals surface area contributed by atoms with Crippen LogP contribution in [0.1, 0.15) is 12.3 Å². The minimum Gasteiger partial charge on any atom is -0.422 e. The molecule has 0 radical (unpaired) electrons. The first kappa shape index (κ1) is 14.1. The van der Waals surface area contributed by atoms with Crippen LogP contribution in [0.3, 0.4) is 0 Å². The molecule has 1 saturated heterocycles. The number of oxazole rings is 1. The Morgan fingerprint density at radius 3 is 3.17 bits per heavy atom. The summed E-state index contributed by atoms with van der Waals surface area (Å²) in [4.78, 5) is 15.2. The molecule has 0 aliphatic carbocycles. The second-order valence-corrected chi connectivity index (χ2v) is 5.60. The fraction of sp³-hybridized carbons (Fsp3) is 0.467. The molecule has 1 atom stereocenters. The molecule has 8 heteroatoms. The third-order valence-electron chi connectivity index (χ3n) is 3.88. The molecule has 8 nitrogen and oxygen atoms in total. The van der Waals surface area contributed by atoms with Gasteiger partial charge in [0.05, 0.1) is 12.6 Å². The predicted molar refractivity (Wildman–Crippen MR) is 83.1 cm³/mol. The lowest BCUT2D eigenvalue weighted by Crippen LogP contribution is -2.35. The summed E-state index contributed by atoms with van der Waals surface area (Å²) in [5.41, 5.74) is 1.24. The van der Waals surface area contributed by atoms with Gasteiger partial charge in [-0.25, -0.2) is 9.97 Å². The van der Waals surface area contributed by atoms with Crippen molar-refractivity contribution in [3.8, 4) is 0 Å². The summed E-state index contributed by atoms with van der Waals surface area (Å²) in [7, 11) is 0. The molecule has 0 bridgehead atoms. The Labute approximate surface area is 133 Å². The van der Waals surface area contributed by atoms with Gasteiger partial charge < -0.3 is 14.1 Å². The summed E-state index contributed by atoms with van der Waals surface area (Å²) in [5.74, 6) is 1.41. The number of anilines is 1. The van der Waals surface area contributed by atoms with Gasteiger partial charge in [0, 0.05) is 39.0 Å². The van der Waals surface area contributed by atoms with E-state index in [-0.39, 0.29) is 6.10 Å². The van der Waals surface area contributed by atoms with Crippen molar-refractivity contribution in [2.24, 2.45) is 0 Å². The molecule has 0 spiro atoms. The molecule has 120 valence electrons. The van der Waals surface area contributed by atoms with Crippen LogP contribution in [0.15, 0.2) is 29.2 Å². The molecule has 4 rings (SSSR count). The van der Waals surface area contributed by atoms with Gasteiger partial charge in [-0.1, -0.05) is 0 Å². The maximum absolute atomic E-state index is 5.96. The lowest BCUT2D eigenvalue weighted by molar-refractivity contribution is 0.0543. The maximum atomic E-state index is 5.96. The lowest BCUT2D eigenvalue weighted by atomic mass is 10.3. The summed E-state index contributed by atoms with van der Waals surface area (Å²) in [5, 5.41) is 4.26. The third-order valence-corrected chi connectivity index (χ3v) is 3.88. The molecule has 0 aromatic carbocycles. The minimum absolute atomic E-state index is 0.0513. The maximum Gasteiger partial charge on any atom is 0.252 e. The van der Waals surface area contributed by atoms with Crippen molar-refractivity contribution < 1.29 is 9.15 Å². The van der Waals surface area contributed by atoms with E-state index in [1.807, 2.05) is 23.9 Å². The largest absolute Gasteiger partial charge is 0.422 e. The number of nitrogens with zero attached hydrogens (tertiary/aromatic N) is 6. The van der Waals surface area contributed by atoms with Gasteiger partial charge in [0.1, 0.15) is 6.33 Å². The Morgan fingerprint density at radius 1 is 1.35 bits per heavy atom. The first-order valence-corrected chi connectivity index (χ1v) is 7.72. The van der Waals surface area contributed by atoms with Gasteiger partial charge in [-0.3, -0.25) is 4.68 Å². The Hall–Kier alpha value is -2.48.